The molecule has 4 rings (SSSR count). The van der Waals surface area contributed by atoms with Gasteiger partial charge in [0.1, 0.15) is 10.7 Å². The van der Waals surface area contributed by atoms with Crippen LogP contribution in [0.3, 0.4) is 0 Å². The van der Waals surface area contributed by atoms with Gasteiger partial charge < -0.3 is 15.0 Å². The normalized spacial score (nSPS) is 18.2. The van der Waals surface area contributed by atoms with Gasteiger partial charge in [0.2, 0.25) is 0 Å². The summed E-state index contributed by atoms with van der Waals surface area (Å²) in [6.45, 7) is 2.43. The Bertz CT molecular complexity index is 1160. The maximum atomic E-state index is 14.0. The van der Waals surface area contributed by atoms with Crippen LogP contribution in [0.5, 0.6) is 5.75 Å². The predicted octanol–water partition coefficient (Wildman–Crippen LogP) is 3.81. The maximum Gasteiger partial charge on any atom is 0.286 e. The number of amidine groups is 1. The van der Waals surface area contributed by atoms with Crippen molar-refractivity contribution in [2.75, 3.05) is 18.6 Å². The van der Waals surface area contributed by atoms with Crippen molar-refractivity contribution in [1.29, 1.82) is 0 Å². The number of carbonyl (C=O) groups is 1. The van der Waals surface area contributed by atoms with Crippen LogP contribution in [0.4, 0.5) is 10.1 Å². The first-order valence-corrected chi connectivity index (χ1v) is 11.6. The van der Waals surface area contributed by atoms with Crippen molar-refractivity contribution in [1.82, 2.24) is 5.32 Å². The molecule has 0 radical (unpaired) electrons. The molecule has 0 aliphatic carbocycles. The van der Waals surface area contributed by atoms with Crippen molar-refractivity contribution in [2.24, 2.45) is 4.40 Å². The van der Waals surface area contributed by atoms with Crippen LogP contribution in [-0.2, 0) is 10.0 Å². The minimum absolute atomic E-state index is 0.0361. The van der Waals surface area contributed by atoms with E-state index >= 15 is 0 Å². The van der Waals surface area contributed by atoms with E-state index in [1.54, 1.807) is 25.1 Å². The van der Waals surface area contributed by atoms with Crippen molar-refractivity contribution in [3.8, 4) is 5.75 Å². The summed E-state index contributed by atoms with van der Waals surface area (Å²) in [5.74, 6) is -0.285. The van der Waals surface area contributed by atoms with E-state index in [4.69, 9.17) is 4.74 Å². The van der Waals surface area contributed by atoms with E-state index in [9.17, 15) is 17.6 Å². The fourth-order valence-electron chi connectivity index (χ4n) is 3.94. The summed E-state index contributed by atoms with van der Waals surface area (Å²) in [6.07, 6.45) is 3.51. The first kappa shape index (κ1) is 21.3. The number of rotatable bonds is 4. The molecular formula is C22H24FN3O4S. The molecule has 0 saturated carbocycles. The summed E-state index contributed by atoms with van der Waals surface area (Å²) in [5, 5.41) is 2.79. The average Bonchev–Trinajstić information content (AvgIpc) is 2.98. The highest BCUT2D eigenvalue weighted by atomic mass is 32.2. The van der Waals surface area contributed by atoms with Crippen LogP contribution in [-0.4, -0.2) is 33.8 Å². The number of ether oxygens (including phenoxy) is 1. The number of nitrogens with one attached hydrogen (secondary N) is 1. The Labute approximate surface area is 181 Å². The number of sulfonamides is 1. The Balaban J connectivity index is 1.59. The van der Waals surface area contributed by atoms with Gasteiger partial charge in [-0.2, -0.15) is 8.42 Å². The number of methoxy groups -OCH3 is 1. The fraction of sp³-hybridized carbons (Fsp3) is 0.364. The minimum Gasteiger partial charge on any atom is -0.494 e. The molecule has 1 amide bonds. The topological polar surface area (TPSA) is 88.1 Å². The quantitative estimate of drug-likeness (QED) is 0.773. The molecule has 2 aromatic rings. The minimum atomic E-state index is -3.88. The smallest absolute Gasteiger partial charge is 0.286 e. The van der Waals surface area contributed by atoms with E-state index < -0.39 is 27.8 Å². The molecule has 0 aromatic heterocycles. The number of nitrogens with zero attached hydrogens (tertiary/aromatic N) is 2. The summed E-state index contributed by atoms with van der Waals surface area (Å²) in [4.78, 5) is 14.8. The molecule has 2 aromatic carbocycles. The second kappa shape index (κ2) is 8.30. The number of benzene rings is 2. The first-order valence-electron chi connectivity index (χ1n) is 10.2. The fourth-order valence-corrected chi connectivity index (χ4v) is 5.22. The maximum absolute atomic E-state index is 14.0. The zero-order valence-electron chi connectivity index (χ0n) is 17.4. The van der Waals surface area contributed by atoms with E-state index in [1.807, 2.05) is 4.90 Å². The predicted molar refractivity (Wildman–Crippen MR) is 116 cm³/mol. The zero-order chi connectivity index (χ0) is 22.2. The lowest BCUT2D eigenvalue weighted by atomic mass is 10.1. The van der Waals surface area contributed by atoms with Crippen LogP contribution in [0.25, 0.3) is 0 Å². The Kier molecular flexibility index (Phi) is 5.70. The SMILES string of the molecule is COc1ccc([C@H](C)NC(=O)c2ccc3c(c2)S(=O)(=O)N=C2CCCCCN23)cc1F. The summed E-state index contributed by atoms with van der Waals surface area (Å²) in [6, 6.07) is 8.62. The Morgan fingerprint density at radius 2 is 2.00 bits per heavy atom. The third-order valence-corrected chi connectivity index (χ3v) is 6.97. The third kappa shape index (κ3) is 4.14. The molecule has 1 fully saturated rings. The number of carbonyl (C=O) groups excluding carboxylic acids is 1. The third-order valence-electron chi connectivity index (χ3n) is 5.63. The summed E-state index contributed by atoms with van der Waals surface area (Å²) in [5.41, 5.74) is 1.33. The number of hydrogen-bond acceptors (Lipinski definition) is 5. The zero-order valence-corrected chi connectivity index (χ0v) is 18.2. The lowest BCUT2D eigenvalue weighted by Crippen LogP contribution is -2.35. The van der Waals surface area contributed by atoms with E-state index in [2.05, 4.69) is 9.71 Å². The molecule has 2 aliphatic heterocycles. The van der Waals surface area contributed by atoms with Crippen LogP contribution in [0.1, 0.15) is 54.6 Å². The van der Waals surface area contributed by atoms with E-state index in [0.717, 1.165) is 19.3 Å². The number of anilines is 1. The lowest BCUT2D eigenvalue weighted by molar-refractivity contribution is 0.0939. The number of fused-ring (bicyclic) bond motifs is 3. The van der Waals surface area contributed by atoms with Gasteiger partial charge in [-0.1, -0.05) is 12.5 Å². The highest BCUT2D eigenvalue weighted by Gasteiger charge is 2.32. The molecule has 164 valence electrons. The molecule has 31 heavy (non-hydrogen) atoms. The molecule has 0 bridgehead atoms. The van der Waals surface area contributed by atoms with Crippen LogP contribution >= 0.6 is 0 Å². The van der Waals surface area contributed by atoms with Gasteiger partial charge in [-0.15, -0.1) is 4.40 Å². The molecule has 9 heteroatoms. The Morgan fingerprint density at radius 3 is 2.74 bits per heavy atom. The molecule has 0 spiro atoms. The highest BCUT2D eigenvalue weighted by molar-refractivity contribution is 7.90. The van der Waals surface area contributed by atoms with Gasteiger partial charge in [-0.3, -0.25) is 4.79 Å². The van der Waals surface area contributed by atoms with Crippen LogP contribution in [0, 0.1) is 5.82 Å². The molecule has 1 atom stereocenters. The number of amides is 1. The first-order chi connectivity index (χ1) is 14.8. The van der Waals surface area contributed by atoms with Crippen molar-refractivity contribution in [3.05, 3.63) is 53.3 Å². The van der Waals surface area contributed by atoms with Gasteiger partial charge in [0.25, 0.3) is 15.9 Å². The second-order valence-electron chi connectivity index (χ2n) is 7.72. The van der Waals surface area contributed by atoms with Gasteiger partial charge in [0.05, 0.1) is 18.8 Å². The lowest BCUT2D eigenvalue weighted by Gasteiger charge is -2.29. The molecule has 2 aliphatic rings. The number of hydrogen-bond donors (Lipinski definition) is 1. The Morgan fingerprint density at radius 1 is 1.19 bits per heavy atom. The molecule has 0 unspecified atom stereocenters. The van der Waals surface area contributed by atoms with E-state index in [1.165, 1.54) is 25.3 Å². The second-order valence-corrected chi connectivity index (χ2v) is 9.29. The van der Waals surface area contributed by atoms with Crippen molar-refractivity contribution in [3.63, 3.8) is 0 Å². The highest BCUT2D eigenvalue weighted by Crippen LogP contribution is 2.35. The van der Waals surface area contributed by atoms with E-state index in [0.29, 0.717) is 30.1 Å². The molecule has 7 nitrogen and oxygen atoms in total. The summed E-state index contributed by atoms with van der Waals surface area (Å²) < 4.78 is 48.4. The molecular weight excluding hydrogens is 421 g/mol. The van der Waals surface area contributed by atoms with E-state index in [-0.39, 0.29) is 16.2 Å². The molecule has 2 heterocycles. The van der Waals surface area contributed by atoms with Gasteiger partial charge in [-0.25, -0.2) is 4.39 Å². The average molecular weight is 446 g/mol. The van der Waals surface area contributed by atoms with Crippen LogP contribution < -0.4 is 15.0 Å². The standard InChI is InChI=1S/C22H24FN3O4S/c1-14(15-8-10-19(30-2)17(23)12-15)24-22(27)16-7-9-18-20(13-16)31(28,29)25-21-6-4-3-5-11-26(18)21/h7-10,12-14H,3-6,11H2,1-2H3,(H,24,27)/t14-/m0/s1. The van der Waals surface area contributed by atoms with Crippen LogP contribution in [0.15, 0.2) is 45.7 Å². The van der Waals surface area contributed by atoms with Crippen molar-refractivity contribution >= 4 is 27.5 Å². The monoisotopic (exact) mass is 445 g/mol. The summed E-state index contributed by atoms with van der Waals surface area (Å²) >= 11 is 0. The summed E-state index contributed by atoms with van der Waals surface area (Å²) in [7, 11) is -2.49. The van der Waals surface area contributed by atoms with Crippen LogP contribution in [0.2, 0.25) is 0 Å². The van der Waals surface area contributed by atoms with Gasteiger partial charge in [-0.05, 0) is 55.7 Å². The van der Waals surface area contributed by atoms with Gasteiger partial charge in [0.15, 0.2) is 11.6 Å². The van der Waals surface area contributed by atoms with Gasteiger partial charge >= 0.3 is 0 Å². The molecule has 1 saturated heterocycles. The van der Waals surface area contributed by atoms with Crippen molar-refractivity contribution < 1.29 is 22.3 Å². The van der Waals surface area contributed by atoms with Gasteiger partial charge in [0, 0.05) is 18.5 Å². The Hall–Kier alpha value is -2.94. The van der Waals surface area contributed by atoms with Crippen molar-refractivity contribution in [2.45, 2.75) is 43.5 Å². The largest absolute Gasteiger partial charge is 0.494 e. The number of halogens is 1. The molecule has 1 N–H and O–H groups in total.